The third-order valence-electron chi connectivity index (χ3n) is 1.37. The molecular weight excluding hydrogens is 158 g/mol. The highest BCUT2D eigenvalue weighted by Crippen LogP contribution is 1.96. The van der Waals surface area contributed by atoms with Crippen LogP contribution < -0.4 is 0 Å². The van der Waals surface area contributed by atoms with E-state index in [0.717, 1.165) is 0 Å². The van der Waals surface area contributed by atoms with Crippen molar-refractivity contribution in [1.29, 1.82) is 0 Å². The molecule has 0 aliphatic heterocycles. The van der Waals surface area contributed by atoms with E-state index >= 15 is 0 Å². The van der Waals surface area contributed by atoms with Gasteiger partial charge in [-0.1, -0.05) is 0 Å². The first-order valence-electron chi connectivity index (χ1n) is 3.84. The lowest BCUT2D eigenvalue weighted by molar-refractivity contribution is 0.0505. The van der Waals surface area contributed by atoms with E-state index in [1.54, 1.807) is 6.92 Å². The molecule has 0 spiro atoms. The molecular formula is C7H11N3O2. The maximum absolute atomic E-state index is 11.1. The lowest BCUT2D eigenvalue weighted by Gasteiger charge is -2.01. The molecule has 12 heavy (non-hydrogen) atoms. The van der Waals surface area contributed by atoms with Crippen LogP contribution in [0.3, 0.4) is 0 Å². The smallest absolute Gasteiger partial charge is 0.376 e. The number of rotatable bonds is 3. The van der Waals surface area contributed by atoms with E-state index in [4.69, 9.17) is 4.74 Å². The van der Waals surface area contributed by atoms with Crippen LogP contribution in [0.15, 0.2) is 6.33 Å². The monoisotopic (exact) mass is 169 g/mol. The minimum atomic E-state index is -0.420. The van der Waals surface area contributed by atoms with Gasteiger partial charge in [-0.05, 0) is 13.8 Å². The molecule has 0 atom stereocenters. The molecule has 0 saturated heterocycles. The van der Waals surface area contributed by atoms with Gasteiger partial charge in [0.1, 0.15) is 6.33 Å². The second kappa shape index (κ2) is 3.85. The van der Waals surface area contributed by atoms with E-state index in [1.165, 1.54) is 11.0 Å². The fourth-order valence-corrected chi connectivity index (χ4v) is 0.849. The Labute approximate surface area is 70.4 Å². The number of aromatic nitrogens is 3. The molecule has 1 aromatic rings. The van der Waals surface area contributed by atoms with Gasteiger partial charge >= 0.3 is 5.97 Å². The molecule has 0 aliphatic carbocycles. The van der Waals surface area contributed by atoms with Crippen LogP contribution in [0.5, 0.6) is 0 Å². The van der Waals surface area contributed by atoms with Crippen LogP contribution in [0.1, 0.15) is 24.5 Å². The number of ether oxygens (including phenoxy) is 1. The molecule has 0 aromatic carbocycles. The molecule has 0 bridgehead atoms. The van der Waals surface area contributed by atoms with Crippen molar-refractivity contribution in [2.45, 2.75) is 20.4 Å². The second-order valence-corrected chi connectivity index (χ2v) is 2.12. The predicted molar refractivity (Wildman–Crippen MR) is 41.7 cm³/mol. The second-order valence-electron chi connectivity index (χ2n) is 2.12. The van der Waals surface area contributed by atoms with Crippen molar-refractivity contribution in [3.05, 3.63) is 12.2 Å². The average molecular weight is 169 g/mol. The third kappa shape index (κ3) is 1.61. The molecule has 0 saturated carbocycles. The zero-order valence-electron chi connectivity index (χ0n) is 7.15. The quantitative estimate of drug-likeness (QED) is 0.617. The van der Waals surface area contributed by atoms with Crippen LogP contribution in [0.2, 0.25) is 0 Å². The van der Waals surface area contributed by atoms with Gasteiger partial charge in [-0.3, -0.25) is 0 Å². The fourth-order valence-electron chi connectivity index (χ4n) is 0.849. The van der Waals surface area contributed by atoms with Crippen molar-refractivity contribution in [2.24, 2.45) is 0 Å². The minimum Gasteiger partial charge on any atom is -0.460 e. The molecule has 5 nitrogen and oxygen atoms in total. The molecule has 66 valence electrons. The fraction of sp³-hybridized carbons (Fsp3) is 0.571. The summed E-state index contributed by atoms with van der Waals surface area (Å²) >= 11 is 0. The Morgan fingerprint density at radius 2 is 2.42 bits per heavy atom. The van der Waals surface area contributed by atoms with Gasteiger partial charge in [0.2, 0.25) is 5.82 Å². The normalized spacial score (nSPS) is 9.83. The molecule has 0 amide bonds. The first kappa shape index (κ1) is 8.70. The summed E-state index contributed by atoms with van der Waals surface area (Å²) in [6, 6.07) is 0. The Bertz CT molecular complexity index is 269. The summed E-state index contributed by atoms with van der Waals surface area (Å²) in [6.07, 6.45) is 1.34. The Morgan fingerprint density at radius 3 is 3.00 bits per heavy atom. The summed E-state index contributed by atoms with van der Waals surface area (Å²) in [7, 11) is 0. The average Bonchev–Trinajstić information content (AvgIpc) is 2.51. The van der Waals surface area contributed by atoms with E-state index in [9.17, 15) is 4.79 Å². The Balaban J connectivity index is 2.79. The first-order valence-corrected chi connectivity index (χ1v) is 3.84. The van der Waals surface area contributed by atoms with Crippen LogP contribution in [0.4, 0.5) is 0 Å². The molecule has 0 radical (unpaired) electrons. The van der Waals surface area contributed by atoms with Gasteiger partial charge in [-0.2, -0.15) is 5.10 Å². The maximum Gasteiger partial charge on any atom is 0.376 e. The number of aryl methyl sites for hydroxylation is 1. The number of esters is 1. The third-order valence-corrected chi connectivity index (χ3v) is 1.37. The van der Waals surface area contributed by atoms with Crippen LogP contribution in [-0.4, -0.2) is 27.3 Å². The summed E-state index contributed by atoms with van der Waals surface area (Å²) in [5, 5.41) is 3.84. The van der Waals surface area contributed by atoms with Crippen LogP contribution >= 0.6 is 0 Å². The van der Waals surface area contributed by atoms with Crippen molar-refractivity contribution in [3.63, 3.8) is 0 Å². The van der Waals surface area contributed by atoms with Crippen molar-refractivity contribution in [2.75, 3.05) is 6.61 Å². The highest BCUT2D eigenvalue weighted by Gasteiger charge is 2.13. The Kier molecular flexibility index (Phi) is 2.79. The van der Waals surface area contributed by atoms with Crippen molar-refractivity contribution in [1.82, 2.24) is 14.8 Å². The zero-order valence-corrected chi connectivity index (χ0v) is 7.15. The summed E-state index contributed by atoms with van der Waals surface area (Å²) in [5.74, 6) is -0.156. The summed E-state index contributed by atoms with van der Waals surface area (Å²) in [6.45, 7) is 4.62. The van der Waals surface area contributed by atoms with Crippen molar-refractivity contribution >= 4 is 5.97 Å². The molecule has 0 aliphatic rings. The van der Waals surface area contributed by atoms with E-state index in [-0.39, 0.29) is 5.82 Å². The van der Waals surface area contributed by atoms with E-state index in [1.807, 2.05) is 6.92 Å². The van der Waals surface area contributed by atoms with Gasteiger partial charge in [0.25, 0.3) is 0 Å². The van der Waals surface area contributed by atoms with E-state index in [0.29, 0.717) is 13.2 Å². The van der Waals surface area contributed by atoms with Crippen molar-refractivity contribution < 1.29 is 9.53 Å². The standard InChI is InChI=1S/C7H11N3O2/c1-3-10-6(8-5-9-10)7(11)12-4-2/h5H,3-4H2,1-2H3. The van der Waals surface area contributed by atoms with Gasteiger partial charge in [0.05, 0.1) is 6.61 Å². The Hall–Kier alpha value is -1.39. The number of carbonyl (C=O) groups excluding carboxylic acids is 1. The lowest BCUT2D eigenvalue weighted by atomic mass is 10.6. The first-order chi connectivity index (χ1) is 5.79. The maximum atomic E-state index is 11.1. The van der Waals surface area contributed by atoms with E-state index in [2.05, 4.69) is 10.1 Å². The van der Waals surface area contributed by atoms with Gasteiger partial charge < -0.3 is 4.74 Å². The van der Waals surface area contributed by atoms with Crippen molar-refractivity contribution in [3.8, 4) is 0 Å². The summed E-state index contributed by atoms with van der Waals surface area (Å²) in [5.41, 5.74) is 0. The largest absolute Gasteiger partial charge is 0.460 e. The Morgan fingerprint density at radius 1 is 1.67 bits per heavy atom. The number of nitrogens with zero attached hydrogens (tertiary/aromatic N) is 3. The zero-order chi connectivity index (χ0) is 8.97. The van der Waals surface area contributed by atoms with E-state index < -0.39 is 5.97 Å². The number of hydrogen-bond acceptors (Lipinski definition) is 4. The molecule has 0 N–H and O–H groups in total. The van der Waals surface area contributed by atoms with Crippen LogP contribution in [0.25, 0.3) is 0 Å². The molecule has 0 fully saturated rings. The van der Waals surface area contributed by atoms with Gasteiger partial charge in [-0.25, -0.2) is 14.5 Å². The highest BCUT2D eigenvalue weighted by molar-refractivity contribution is 5.85. The minimum absolute atomic E-state index is 0.263. The van der Waals surface area contributed by atoms with Crippen LogP contribution in [0, 0.1) is 0 Å². The predicted octanol–water partition coefficient (Wildman–Crippen LogP) is 0.475. The molecule has 1 heterocycles. The summed E-state index contributed by atoms with van der Waals surface area (Å²) in [4.78, 5) is 14.9. The highest BCUT2D eigenvalue weighted by atomic mass is 16.5. The molecule has 1 aromatic heterocycles. The number of carbonyl (C=O) groups is 1. The molecule has 5 heteroatoms. The van der Waals surface area contributed by atoms with Crippen LogP contribution in [-0.2, 0) is 11.3 Å². The molecule has 1 rings (SSSR count). The number of hydrogen-bond donors (Lipinski definition) is 0. The van der Waals surface area contributed by atoms with Gasteiger partial charge in [0, 0.05) is 6.54 Å². The van der Waals surface area contributed by atoms with Gasteiger partial charge in [-0.15, -0.1) is 0 Å². The SMILES string of the molecule is CCOC(=O)c1ncnn1CC. The molecule has 0 unspecified atom stereocenters. The summed E-state index contributed by atoms with van der Waals surface area (Å²) < 4.78 is 6.26. The lowest BCUT2D eigenvalue weighted by Crippen LogP contribution is -2.13. The topological polar surface area (TPSA) is 57.0 Å². The van der Waals surface area contributed by atoms with Gasteiger partial charge in [0.15, 0.2) is 0 Å².